The minimum Gasteiger partial charge on any atom is -0.361 e. The average Bonchev–Trinajstić information content (AvgIpc) is 3.23. The summed E-state index contributed by atoms with van der Waals surface area (Å²) in [5, 5.41) is 2.95. The van der Waals surface area contributed by atoms with Crippen LogP contribution in [0, 0.1) is 0 Å². The van der Waals surface area contributed by atoms with Crippen LogP contribution in [-0.4, -0.2) is 16.9 Å². The topological polar surface area (TPSA) is 62.0 Å². The number of rotatable bonds is 3. The van der Waals surface area contributed by atoms with E-state index in [1.807, 2.05) is 12.1 Å². The van der Waals surface area contributed by atoms with E-state index in [9.17, 15) is 9.59 Å². The summed E-state index contributed by atoms with van der Waals surface area (Å²) in [7, 11) is 0. The fraction of sp³-hybridized carbons (Fsp3) is 0.200. The maximum atomic E-state index is 12.0. The zero-order valence-electron chi connectivity index (χ0n) is 10.3. The quantitative estimate of drug-likeness (QED) is 0.879. The number of carbonyl (C=O) groups is 1. The average molecular weight is 254 g/mol. The van der Waals surface area contributed by atoms with Gasteiger partial charge in [-0.3, -0.25) is 9.59 Å². The monoisotopic (exact) mass is 254 g/mol. The Bertz CT molecular complexity index is 672. The van der Waals surface area contributed by atoms with Gasteiger partial charge in [-0.1, -0.05) is 12.1 Å². The van der Waals surface area contributed by atoms with Crippen molar-refractivity contribution in [2.24, 2.45) is 0 Å². The summed E-state index contributed by atoms with van der Waals surface area (Å²) in [5.41, 5.74) is 2.12. The summed E-state index contributed by atoms with van der Waals surface area (Å²) in [4.78, 5) is 26.3. The van der Waals surface area contributed by atoms with E-state index in [4.69, 9.17) is 0 Å². The fourth-order valence-corrected chi connectivity index (χ4v) is 1.94. The van der Waals surface area contributed by atoms with E-state index in [0.29, 0.717) is 17.3 Å². The smallest absolute Gasteiger partial charge is 0.251 e. The van der Waals surface area contributed by atoms with Crippen LogP contribution in [0.3, 0.4) is 0 Å². The zero-order chi connectivity index (χ0) is 13.2. The van der Waals surface area contributed by atoms with Crippen molar-refractivity contribution in [3.63, 3.8) is 0 Å². The minimum absolute atomic E-state index is 0.0531. The lowest BCUT2D eigenvalue weighted by Gasteiger charge is -2.06. The minimum atomic E-state index is -0.0541. The molecule has 1 fully saturated rings. The Morgan fingerprint density at radius 2 is 2.05 bits per heavy atom. The molecule has 1 heterocycles. The molecule has 0 saturated heterocycles. The standard InChI is InChI=1S/C15H14N2O2/c18-13-6-7-16-14(9-13)10-2-1-3-11(8-10)15(19)17-12-4-5-12/h1-3,6-9,12H,4-5H2,(H,16,18)(H,17,19). The van der Waals surface area contributed by atoms with E-state index in [1.54, 1.807) is 18.3 Å². The highest BCUT2D eigenvalue weighted by Gasteiger charge is 2.23. The third-order valence-electron chi connectivity index (χ3n) is 3.12. The fourth-order valence-electron chi connectivity index (χ4n) is 1.94. The number of hydrogen-bond donors (Lipinski definition) is 2. The first-order valence-corrected chi connectivity index (χ1v) is 6.32. The predicted octanol–water partition coefficient (Wildman–Crippen LogP) is 1.93. The molecule has 1 aromatic heterocycles. The number of H-pyrrole nitrogens is 1. The van der Waals surface area contributed by atoms with Gasteiger partial charge in [0, 0.05) is 35.6 Å². The van der Waals surface area contributed by atoms with Gasteiger partial charge in [0.25, 0.3) is 5.91 Å². The summed E-state index contributed by atoms with van der Waals surface area (Å²) in [6, 6.07) is 10.6. The Labute approximate surface area is 110 Å². The molecule has 0 spiro atoms. The molecule has 0 atom stereocenters. The molecule has 1 aliphatic carbocycles. The van der Waals surface area contributed by atoms with Crippen LogP contribution in [0.1, 0.15) is 23.2 Å². The van der Waals surface area contributed by atoms with Gasteiger partial charge < -0.3 is 10.3 Å². The lowest BCUT2D eigenvalue weighted by atomic mass is 10.1. The molecule has 1 aromatic carbocycles. The van der Waals surface area contributed by atoms with Crippen LogP contribution in [0.25, 0.3) is 11.3 Å². The third kappa shape index (κ3) is 2.73. The first-order chi connectivity index (χ1) is 9.22. The molecule has 4 nitrogen and oxygen atoms in total. The van der Waals surface area contributed by atoms with Gasteiger partial charge >= 0.3 is 0 Å². The van der Waals surface area contributed by atoms with Crippen LogP contribution in [-0.2, 0) is 0 Å². The van der Waals surface area contributed by atoms with E-state index in [-0.39, 0.29) is 11.3 Å². The Morgan fingerprint density at radius 3 is 2.79 bits per heavy atom. The molecule has 2 aromatic rings. The van der Waals surface area contributed by atoms with Gasteiger partial charge in [0.15, 0.2) is 5.43 Å². The van der Waals surface area contributed by atoms with Crippen LogP contribution in [0.15, 0.2) is 47.4 Å². The Balaban J connectivity index is 1.90. The van der Waals surface area contributed by atoms with Crippen molar-refractivity contribution in [3.05, 3.63) is 58.4 Å². The van der Waals surface area contributed by atoms with Crippen LogP contribution >= 0.6 is 0 Å². The Morgan fingerprint density at radius 1 is 1.21 bits per heavy atom. The third-order valence-corrected chi connectivity index (χ3v) is 3.12. The molecule has 19 heavy (non-hydrogen) atoms. The molecule has 0 bridgehead atoms. The van der Waals surface area contributed by atoms with E-state index >= 15 is 0 Å². The first kappa shape index (κ1) is 11.7. The van der Waals surface area contributed by atoms with Crippen LogP contribution in [0.2, 0.25) is 0 Å². The molecule has 0 aliphatic heterocycles. The molecule has 1 amide bonds. The van der Waals surface area contributed by atoms with Crippen LogP contribution in [0.5, 0.6) is 0 Å². The van der Waals surface area contributed by atoms with Crippen LogP contribution < -0.4 is 10.7 Å². The summed E-state index contributed by atoms with van der Waals surface area (Å²) < 4.78 is 0. The molecule has 3 rings (SSSR count). The summed E-state index contributed by atoms with van der Waals surface area (Å²) in [5.74, 6) is -0.0531. The number of amides is 1. The summed E-state index contributed by atoms with van der Waals surface area (Å²) in [6.07, 6.45) is 3.74. The highest BCUT2D eigenvalue weighted by atomic mass is 16.1. The SMILES string of the molecule is O=C(NC1CC1)c1cccc(-c2cc(=O)cc[nH]2)c1. The molecule has 96 valence electrons. The number of pyridine rings is 1. The second-order valence-electron chi connectivity index (χ2n) is 4.77. The van der Waals surface area contributed by atoms with E-state index in [0.717, 1.165) is 18.4 Å². The second kappa shape index (κ2) is 4.72. The van der Waals surface area contributed by atoms with Gasteiger partial charge in [-0.25, -0.2) is 0 Å². The first-order valence-electron chi connectivity index (χ1n) is 6.32. The van der Waals surface area contributed by atoms with Crippen molar-refractivity contribution in [3.8, 4) is 11.3 Å². The number of nitrogens with one attached hydrogen (secondary N) is 2. The molecule has 1 aliphatic rings. The van der Waals surface area contributed by atoms with E-state index < -0.39 is 0 Å². The normalized spacial score (nSPS) is 14.1. The van der Waals surface area contributed by atoms with Crippen molar-refractivity contribution >= 4 is 5.91 Å². The van der Waals surface area contributed by atoms with Crippen molar-refractivity contribution in [1.29, 1.82) is 0 Å². The van der Waals surface area contributed by atoms with Crippen molar-refractivity contribution in [2.75, 3.05) is 0 Å². The summed E-state index contributed by atoms with van der Waals surface area (Å²) in [6.45, 7) is 0. The molecule has 1 saturated carbocycles. The molecule has 0 unspecified atom stereocenters. The largest absolute Gasteiger partial charge is 0.361 e. The van der Waals surface area contributed by atoms with Crippen molar-refractivity contribution in [2.45, 2.75) is 18.9 Å². The van der Waals surface area contributed by atoms with Gasteiger partial charge in [0.1, 0.15) is 0 Å². The second-order valence-corrected chi connectivity index (χ2v) is 4.77. The van der Waals surface area contributed by atoms with Crippen molar-refractivity contribution in [1.82, 2.24) is 10.3 Å². The molecule has 2 N–H and O–H groups in total. The van der Waals surface area contributed by atoms with Crippen molar-refractivity contribution < 1.29 is 4.79 Å². The van der Waals surface area contributed by atoms with Gasteiger partial charge in [-0.15, -0.1) is 0 Å². The Kier molecular flexibility index (Phi) is 2.91. The lowest BCUT2D eigenvalue weighted by Crippen LogP contribution is -2.25. The van der Waals surface area contributed by atoms with Crippen LogP contribution in [0.4, 0.5) is 0 Å². The van der Waals surface area contributed by atoms with Gasteiger partial charge in [-0.05, 0) is 30.5 Å². The van der Waals surface area contributed by atoms with E-state index in [1.165, 1.54) is 12.1 Å². The maximum absolute atomic E-state index is 12.0. The van der Waals surface area contributed by atoms with Gasteiger partial charge in [0.2, 0.25) is 0 Å². The molecule has 0 radical (unpaired) electrons. The number of hydrogen-bond acceptors (Lipinski definition) is 2. The number of aromatic nitrogens is 1. The molecule has 4 heteroatoms. The van der Waals surface area contributed by atoms with Gasteiger partial charge in [0.05, 0.1) is 0 Å². The summed E-state index contributed by atoms with van der Waals surface area (Å²) >= 11 is 0. The highest BCUT2D eigenvalue weighted by molar-refractivity contribution is 5.95. The lowest BCUT2D eigenvalue weighted by molar-refractivity contribution is 0.0951. The highest BCUT2D eigenvalue weighted by Crippen LogP contribution is 2.21. The zero-order valence-corrected chi connectivity index (χ0v) is 10.3. The molecular formula is C15H14N2O2. The number of benzene rings is 1. The maximum Gasteiger partial charge on any atom is 0.251 e. The van der Waals surface area contributed by atoms with Gasteiger partial charge in [-0.2, -0.15) is 0 Å². The molecular weight excluding hydrogens is 240 g/mol. The number of aromatic amines is 1. The number of carbonyl (C=O) groups excluding carboxylic acids is 1. The Hall–Kier alpha value is -2.36. The predicted molar refractivity (Wildman–Crippen MR) is 73.0 cm³/mol. The van der Waals surface area contributed by atoms with E-state index in [2.05, 4.69) is 10.3 Å².